The zero-order valence-electron chi connectivity index (χ0n) is 13.0. The monoisotopic (exact) mass is 323 g/mol. The van der Waals surface area contributed by atoms with Gasteiger partial charge in [0, 0.05) is 24.6 Å². The third-order valence-corrected chi connectivity index (χ3v) is 5.03. The van der Waals surface area contributed by atoms with E-state index in [2.05, 4.69) is 0 Å². The molecule has 1 aromatic rings. The molecule has 0 radical (unpaired) electrons. The Kier molecular flexibility index (Phi) is 4.44. The van der Waals surface area contributed by atoms with Crippen molar-refractivity contribution in [2.24, 2.45) is 0 Å². The van der Waals surface area contributed by atoms with Gasteiger partial charge in [0.05, 0.1) is 25.2 Å². The summed E-state index contributed by atoms with van der Waals surface area (Å²) in [6.45, 7) is 5.96. The molecule has 3 rings (SSSR count). The molecular weight excluding hydrogens is 302 g/mol. The second-order valence-electron chi connectivity index (χ2n) is 6.30. The van der Waals surface area contributed by atoms with Crippen LogP contribution in [0.25, 0.3) is 0 Å². The molecule has 0 bridgehead atoms. The maximum atomic E-state index is 12.7. The number of morpholine rings is 1. The molecule has 2 aliphatic rings. The van der Waals surface area contributed by atoms with E-state index in [-0.39, 0.29) is 23.7 Å². The summed E-state index contributed by atoms with van der Waals surface area (Å²) in [4.78, 5) is 14.6. The van der Waals surface area contributed by atoms with Crippen LogP contribution in [0.2, 0.25) is 5.02 Å². The lowest BCUT2D eigenvalue weighted by atomic mass is 9.92. The Morgan fingerprint density at radius 2 is 2.18 bits per heavy atom. The van der Waals surface area contributed by atoms with Crippen LogP contribution in [0.4, 0.5) is 0 Å². The molecule has 1 spiro atoms. The van der Waals surface area contributed by atoms with Crippen molar-refractivity contribution in [2.45, 2.75) is 44.5 Å². The standard InChI is InChI=1S/C17H22ClNO3/c1-12-10-19(11-17(22-12)7-8-21-13(17)2)16(20)9-14-5-3-4-6-15(14)18/h3-6,12-13H,7-11H2,1-2H3/t12-,13-,17+/m1/s1. The summed E-state index contributed by atoms with van der Waals surface area (Å²) in [6.07, 6.45) is 1.21. The third kappa shape index (κ3) is 3.00. The van der Waals surface area contributed by atoms with Gasteiger partial charge in [-0.05, 0) is 25.5 Å². The van der Waals surface area contributed by atoms with E-state index in [1.54, 1.807) is 0 Å². The Morgan fingerprint density at radius 3 is 2.86 bits per heavy atom. The SMILES string of the molecule is C[C@@H]1CN(C(=O)Cc2ccccc2Cl)C[C@]2(CCO[C@@H]2C)O1. The largest absolute Gasteiger partial charge is 0.375 e. The van der Waals surface area contributed by atoms with Gasteiger partial charge < -0.3 is 14.4 Å². The fourth-order valence-electron chi connectivity index (χ4n) is 3.41. The molecular formula is C17H22ClNO3. The lowest BCUT2D eigenvalue weighted by molar-refractivity contribution is -0.178. The lowest BCUT2D eigenvalue weighted by Crippen LogP contribution is -2.59. The maximum absolute atomic E-state index is 12.7. The highest BCUT2D eigenvalue weighted by atomic mass is 35.5. The Hall–Kier alpha value is -1.10. The molecule has 1 aromatic carbocycles. The van der Waals surface area contributed by atoms with Crippen molar-refractivity contribution >= 4 is 17.5 Å². The van der Waals surface area contributed by atoms with Gasteiger partial charge in [0.2, 0.25) is 5.91 Å². The van der Waals surface area contributed by atoms with E-state index in [0.29, 0.717) is 31.1 Å². The molecule has 0 aliphatic carbocycles. The zero-order valence-corrected chi connectivity index (χ0v) is 13.8. The molecule has 2 aliphatic heterocycles. The van der Waals surface area contributed by atoms with Gasteiger partial charge in [-0.3, -0.25) is 4.79 Å². The minimum Gasteiger partial charge on any atom is -0.375 e. The number of halogens is 1. The van der Waals surface area contributed by atoms with Crippen LogP contribution in [0.15, 0.2) is 24.3 Å². The Balaban J connectivity index is 1.73. The quantitative estimate of drug-likeness (QED) is 0.840. The molecule has 0 N–H and O–H groups in total. The second-order valence-corrected chi connectivity index (χ2v) is 6.71. The van der Waals surface area contributed by atoms with Crippen LogP contribution < -0.4 is 0 Å². The van der Waals surface area contributed by atoms with Crippen LogP contribution in [0.1, 0.15) is 25.8 Å². The second kappa shape index (κ2) is 6.19. The summed E-state index contributed by atoms with van der Waals surface area (Å²) in [7, 11) is 0. The van der Waals surface area contributed by atoms with Gasteiger partial charge in [0.1, 0.15) is 5.60 Å². The number of hydrogen-bond acceptors (Lipinski definition) is 3. The van der Waals surface area contributed by atoms with Gasteiger partial charge in [0.15, 0.2) is 0 Å². The van der Waals surface area contributed by atoms with E-state index in [1.165, 1.54) is 0 Å². The lowest BCUT2D eigenvalue weighted by Gasteiger charge is -2.45. The number of carbonyl (C=O) groups excluding carboxylic acids is 1. The number of rotatable bonds is 2. The van der Waals surface area contributed by atoms with Gasteiger partial charge in [-0.15, -0.1) is 0 Å². The van der Waals surface area contributed by atoms with Gasteiger partial charge >= 0.3 is 0 Å². The highest BCUT2D eigenvalue weighted by Crippen LogP contribution is 2.35. The predicted molar refractivity (Wildman–Crippen MR) is 85.0 cm³/mol. The van der Waals surface area contributed by atoms with Crippen molar-refractivity contribution < 1.29 is 14.3 Å². The summed E-state index contributed by atoms with van der Waals surface area (Å²) in [5.74, 6) is 0.0988. The molecule has 2 heterocycles. The average molecular weight is 324 g/mol. The van der Waals surface area contributed by atoms with Crippen molar-refractivity contribution in [1.29, 1.82) is 0 Å². The zero-order chi connectivity index (χ0) is 15.7. The van der Waals surface area contributed by atoms with Crippen LogP contribution in [0.3, 0.4) is 0 Å². The van der Waals surface area contributed by atoms with Crippen LogP contribution in [-0.4, -0.2) is 48.3 Å². The molecule has 2 saturated heterocycles. The minimum atomic E-state index is -0.353. The minimum absolute atomic E-state index is 0.0193. The number of amides is 1. The van der Waals surface area contributed by atoms with Crippen molar-refractivity contribution in [3.8, 4) is 0 Å². The summed E-state index contributed by atoms with van der Waals surface area (Å²) in [6, 6.07) is 7.51. The van der Waals surface area contributed by atoms with Crippen LogP contribution in [0, 0.1) is 0 Å². The van der Waals surface area contributed by atoms with Crippen molar-refractivity contribution in [1.82, 2.24) is 4.90 Å². The Labute approximate surface area is 136 Å². The number of hydrogen-bond donors (Lipinski definition) is 0. The van der Waals surface area contributed by atoms with Crippen molar-refractivity contribution in [3.05, 3.63) is 34.9 Å². The first kappa shape index (κ1) is 15.8. The molecule has 5 heteroatoms. The molecule has 4 nitrogen and oxygen atoms in total. The highest BCUT2D eigenvalue weighted by molar-refractivity contribution is 6.31. The summed E-state index contributed by atoms with van der Waals surface area (Å²) in [5.41, 5.74) is 0.520. The van der Waals surface area contributed by atoms with E-state index in [4.69, 9.17) is 21.1 Å². The molecule has 22 heavy (non-hydrogen) atoms. The van der Waals surface area contributed by atoms with Crippen LogP contribution in [0.5, 0.6) is 0 Å². The Bertz CT molecular complexity index is 565. The topological polar surface area (TPSA) is 38.8 Å². The number of benzene rings is 1. The number of nitrogens with zero attached hydrogens (tertiary/aromatic N) is 1. The molecule has 0 aromatic heterocycles. The first-order valence-electron chi connectivity index (χ1n) is 7.81. The molecule has 0 unspecified atom stereocenters. The van der Waals surface area contributed by atoms with E-state index in [9.17, 15) is 4.79 Å². The van der Waals surface area contributed by atoms with E-state index < -0.39 is 0 Å². The fourth-order valence-corrected chi connectivity index (χ4v) is 3.61. The predicted octanol–water partition coefficient (Wildman–Crippen LogP) is 2.68. The first-order chi connectivity index (χ1) is 10.5. The number of ether oxygens (including phenoxy) is 2. The molecule has 1 amide bonds. The van der Waals surface area contributed by atoms with Gasteiger partial charge in [-0.25, -0.2) is 0 Å². The normalized spacial score (nSPS) is 31.7. The van der Waals surface area contributed by atoms with E-state index in [0.717, 1.165) is 12.0 Å². The van der Waals surface area contributed by atoms with Gasteiger partial charge in [-0.1, -0.05) is 29.8 Å². The molecule has 120 valence electrons. The van der Waals surface area contributed by atoms with E-state index in [1.807, 2.05) is 43.0 Å². The molecule has 0 saturated carbocycles. The van der Waals surface area contributed by atoms with Gasteiger partial charge in [-0.2, -0.15) is 0 Å². The molecule has 2 fully saturated rings. The first-order valence-corrected chi connectivity index (χ1v) is 8.18. The average Bonchev–Trinajstić information content (AvgIpc) is 2.81. The Morgan fingerprint density at radius 1 is 1.41 bits per heavy atom. The van der Waals surface area contributed by atoms with Crippen LogP contribution in [-0.2, 0) is 20.7 Å². The smallest absolute Gasteiger partial charge is 0.227 e. The fraction of sp³-hybridized carbons (Fsp3) is 0.588. The van der Waals surface area contributed by atoms with E-state index >= 15 is 0 Å². The van der Waals surface area contributed by atoms with Crippen LogP contribution >= 0.6 is 11.6 Å². The number of carbonyl (C=O) groups is 1. The maximum Gasteiger partial charge on any atom is 0.227 e. The summed E-state index contributed by atoms with van der Waals surface area (Å²) < 4.78 is 11.8. The van der Waals surface area contributed by atoms with Gasteiger partial charge in [0.25, 0.3) is 0 Å². The third-order valence-electron chi connectivity index (χ3n) is 4.66. The summed E-state index contributed by atoms with van der Waals surface area (Å²) in [5, 5.41) is 0.643. The van der Waals surface area contributed by atoms with Crippen molar-refractivity contribution in [2.75, 3.05) is 19.7 Å². The highest BCUT2D eigenvalue weighted by Gasteiger charge is 2.48. The van der Waals surface area contributed by atoms with Crippen molar-refractivity contribution in [3.63, 3.8) is 0 Å². The summed E-state index contributed by atoms with van der Waals surface area (Å²) >= 11 is 6.16. The molecule has 3 atom stereocenters.